The molecule has 0 bridgehead atoms. The Morgan fingerprint density at radius 1 is 1.27 bits per heavy atom. The van der Waals surface area contributed by atoms with Gasteiger partial charge in [0.05, 0.1) is 0 Å². The molecular formula is C13H22N2. The van der Waals surface area contributed by atoms with E-state index >= 15 is 0 Å². The van der Waals surface area contributed by atoms with E-state index in [9.17, 15) is 0 Å². The smallest absolute Gasteiger partial charge is 0.0432 e. The number of rotatable bonds is 3. The number of para-hydroxylation sites is 1. The van der Waals surface area contributed by atoms with Gasteiger partial charge in [-0.05, 0) is 24.0 Å². The maximum atomic E-state index is 5.79. The van der Waals surface area contributed by atoms with Crippen LogP contribution in [0.2, 0.25) is 0 Å². The van der Waals surface area contributed by atoms with Crippen LogP contribution >= 0.6 is 0 Å². The summed E-state index contributed by atoms with van der Waals surface area (Å²) in [6, 6.07) is 8.61. The summed E-state index contributed by atoms with van der Waals surface area (Å²) in [4.78, 5) is 0. The van der Waals surface area contributed by atoms with E-state index in [4.69, 9.17) is 5.73 Å². The minimum atomic E-state index is 0.178. The van der Waals surface area contributed by atoms with Gasteiger partial charge < -0.3 is 11.1 Å². The van der Waals surface area contributed by atoms with E-state index in [1.807, 2.05) is 6.07 Å². The second-order valence-corrected chi connectivity index (χ2v) is 5.11. The van der Waals surface area contributed by atoms with Gasteiger partial charge in [-0.25, -0.2) is 0 Å². The number of nitrogens with one attached hydrogen (secondary N) is 1. The number of hydrogen-bond donors (Lipinski definition) is 2. The van der Waals surface area contributed by atoms with Crippen molar-refractivity contribution in [3.05, 3.63) is 29.8 Å². The number of benzene rings is 1. The van der Waals surface area contributed by atoms with Crippen LogP contribution in [0.25, 0.3) is 0 Å². The highest BCUT2D eigenvalue weighted by molar-refractivity contribution is 5.51. The Kier molecular flexibility index (Phi) is 3.75. The highest BCUT2D eigenvalue weighted by Gasteiger charge is 2.23. The van der Waals surface area contributed by atoms with Crippen molar-refractivity contribution in [2.45, 2.75) is 33.7 Å². The first-order chi connectivity index (χ1) is 6.95. The van der Waals surface area contributed by atoms with Gasteiger partial charge in [0.25, 0.3) is 0 Å². The molecule has 2 heteroatoms. The second-order valence-electron chi connectivity index (χ2n) is 5.11. The maximum Gasteiger partial charge on any atom is 0.0432 e. The summed E-state index contributed by atoms with van der Waals surface area (Å²) < 4.78 is 0. The molecule has 1 aromatic rings. The van der Waals surface area contributed by atoms with Crippen LogP contribution in [-0.4, -0.2) is 12.6 Å². The third-order valence-electron chi connectivity index (χ3n) is 2.76. The van der Waals surface area contributed by atoms with Crippen LogP contribution in [0.3, 0.4) is 0 Å². The molecule has 84 valence electrons. The van der Waals surface area contributed by atoms with Crippen molar-refractivity contribution in [2.24, 2.45) is 11.1 Å². The van der Waals surface area contributed by atoms with E-state index in [2.05, 4.69) is 51.2 Å². The van der Waals surface area contributed by atoms with Gasteiger partial charge in [-0.1, -0.05) is 39.0 Å². The summed E-state index contributed by atoms with van der Waals surface area (Å²) >= 11 is 0. The summed E-state index contributed by atoms with van der Waals surface area (Å²) in [5.74, 6) is 0. The number of aryl methyl sites for hydroxylation is 1. The van der Waals surface area contributed by atoms with Crippen molar-refractivity contribution in [1.82, 2.24) is 0 Å². The minimum absolute atomic E-state index is 0.178. The van der Waals surface area contributed by atoms with Gasteiger partial charge in [0.15, 0.2) is 0 Å². The second kappa shape index (κ2) is 4.67. The van der Waals surface area contributed by atoms with Crippen LogP contribution in [0.15, 0.2) is 24.3 Å². The van der Waals surface area contributed by atoms with Crippen molar-refractivity contribution < 1.29 is 0 Å². The lowest BCUT2D eigenvalue weighted by atomic mass is 9.86. The van der Waals surface area contributed by atoms with Gasteiger partial charge in [-0.2, -0.15) is 0 Å². The Labute approximate surface area is 92.9 Å². The quantitative estimate of drug-likeness (QED) is 0.798. The molecule has 0 amide bonds. The molecule has 0 saturated carbocycles. The van der Waals surface area contributed by atoms with Gasteiger partial charge >= 0.3 is 0 Å². The van der Waals surface area contributed by atoms with Crippen molar-refractivity contribution in [3.8, 4) is 0 Å². The third kappa shape index (κ3) is 3.24. The van der Waals surface area contributed by atoms with Gasteiger partial charge in [-0.3, -0.25) is 0 Å². The first-order valence-electron chi connectivity index (χ1n) is 5.47. The zero-order chi connectivity index (χ0) is 11.5. The van der Waals surface area contributed by atoms with Gasteiger partial charge in [-0.15, -0.1) is 0 Å². The Morgan fingerprint density at radius 2 is 1.87 bits per heavy atom. The molecule has 2 nitrogen and oxygen atoms in total. The predicted molar refractivity (Wildman–Crippen MR) is 67.1 cm³/mol. The van der Waals surface area contributed by atoms with Gasteiger partial charge in [0.2, 0.25) is 0 Å². The van der Waals surface area contributed by atoms with Crippen LogP contribution in [0.5, 0.6) is 0 Å². The number of nitrogens with two attached hydrogens (primary N) is 1. The Hall–Kier alpha value is -1.02. The molecule has 0 spiro atoms. The third-order valence-corrected chi connectivity index (χ3v) is 2.76. The van der Waals surface area contributed by atoms with E-state index < -0.39 is 0 Å². The Morgan fingerprint density at radius 3 is 2.33 bits per heavy atom. The van der Waals surface area contributed by atoms with E-state index in [1.165, 1.54) is 11.3 Å². The summed E-state index contributed by atoms with van der Waals surface area (Å²) in [6.45, 7) is 9.37. The average Bonchev–Trinajstić information content (AvgIpc) is 2.14. The van der Waals surface area contributed by atoms with E-state index in [1.54, 1.807) is 0 Å². The number of anilines is 1. The SMILES string of the molecule is Cc1ccccc1NC(CN)C(C)(C)C. The largest absolute Gasteiger partial charge is 0.380 e. The monoisotopic (exact) mass is 206 g/mol. The molecule has 1 aromatic carbocycles. The molecule has 0 heterocycles. The lowest BCUT2D eigenvalue weighted by molar-refractivity contribution is 0.346. The number of hydrogen-bond acceptors (Lipinski definition) is 2. The fourth-order valence-corrected chi connectivity index (χ4v) is 1.55. The topological polar surface area (TPSA) is 38.0 Å². The molecular weight excluding hydrogens is 184 g/mol. The Bertz CT molecular complexity index is 313. The zero-order valence-electron chi connectivity index (χ0n) is 10.2. The predicted octanol–water partition coefficient (Wildman–Crippen LogP) is 2.78. The fraction of sp³-hybridized carbons (Fsp3) is 0.538. The van der Waals surface area contributed by atoms with Gasteiger partial charge in [0.1, 0.15) is 0 Å². The minimum Gasteiger partial charge on any atom is -0.380 e. The van der Waals surface area contributed by atoms with Crippen LogP contribution in [0.1, 0.15) is 26.3 Å². The lowest BCUT2D eigenvalue weighted by Gasteiger charge is -2.31. The molecule has 1 rings (SSSR count). The molecule has 3 N–H and O–H groups in total. The molecule has 15 heavy (non-hydrogen) atoms. The van der Waals surface area contributed by atoms with Crippen molar-refractivity contribution >= 4 is 5.69 Å². The van der Waals surface area contributed by atoms with Crippen molar-refractivity contribution in [1.29, 1.82) is 0 Å². The maximum absolute atomic E-state index is 5.79. The van der Waals surface area contributed by atoms with E-state index in [0.29, 0.717) is 12.6 Å². The normalized spacial score (nSPS) is 13.7. The molecule has 1 unspecified atom stereocenters. The first-order valence-corrected chi connectivity index (χ1v) is 5.47. The molecule has 0 fully saturated rings. The fourth-order valence-electron chi connectivity index (χ4n) is 1.55. The van der Waals surface area contributed by atoms with Crippen LogP contribution in [0.4, 0.5) is 5.69 Å². The van der Waals surface area contributed by atoms with Crippen LogP contribution in [0, 0.1) is 12.3 Å². The van der Waals surface area contributed by atoms with Crippen molar-refractivity contribution in [2.75, 3.05) is 11.9 Å². The highest BCUT2D eigenvalue weighted by Crippen LogP contribution is 2.24. The average molecular weight is 206 g/mol. The molecule has 0 aliphatic heterocycles. The Balaban J connectivity index is 2.80. The highest BCUT2D eigenvalue weighted by atomic mass is 15.0. The lowest BCUT2D eigenvalue weighted by Crippen LogP contribution is -2.40. The van der Waals surface area contributed by atoms with Crippen LogP contribution < -0.4 is 11.1 Å². The summed E-state index contributed by atoms with van der Waals surface area (Å²) in [5, 5.41) is 3.51. The summed E-state index contributed by atoms with van der Waals surface area (Å²) in [7, 11) is 0. The summed E-state index contributed by atoms with van der Waals surface area (Å²) in [5.41, 5.74) is 8.42. The van der Waals surface area contributed by atoms with Gasteiger partial charge in [0, 0.05) is 18.3 Å². The molecule has 0 radical (unpaired) electrons. The van der Waals surface area contributed by atoms with E-state index in [-0.39, 0.29) is 5.41 Å². The molecule has 0 aliphatic carbocycles. The zero-order valence-corrected chi connectivity index (χ0v) is 10.2. The standard InChI is InChI=1S/C13H22N2/c1-10-7-5-6-8-11(10)15-12(9-14)13(2,3)4/h5-8,12,15H,9,14H2,1-4H3. The van der Waals surface area contributed by atoms with Crippen molar-refractivity contribution in [3.63, 3.8) is 0 Å². The molecule has 1 atom stereocenters. The summed E-state index contributed by atoms with van der Waals surface area (Å²) in [6.07, 6.45) is 0. The first kappa shape index (κ1) is 12.1. The molecule has 0 saturated heterocycles. The molecule has 0 aliphatic rings. The van der Waals surface area contributed by atoms with Crippen LogP contribution in [-0.2, 0) is 0 Å². The molecule has 0 aromatic heterocycles. The van der Waals surface area contributed by atoms with E-state index in [0.717, 1.165) is 0 Å².